The second kappa shape index (κ2) is 9.08. The Balaban J connectivity index is 1.44. The fraction of sp³-hybridized carbons (Fsp3) is 0.304. The van der Waals surface area contributed by atoms with E-state index in [1.165, 1.54) is 16.9 Å². The van der Waals surface area contributed by atoms with Crippen molar-refractivity contribution in [1.82, 2.24) is 14.8 Å². The number of benzene rings is 2. The summed E-state index contributed by atoms with van der Waals surface area (Å²) in [6, 6.07) is 18.1. The average molecular weight is 426 g/mol. The zero-order valence-corrected chi connectivity index (χ0v) is 18.0. The second-order valence-electron chi connectivity index (χ2n) is 7.35. The van der Waals surface area contributed by atoms with Crippen LogP contribution in [0.1, 0.15) is 27.3 Å². The number of hydrogen-bond donors (Lipinski definition) is 0. The third kappa shape index (κ3) is 4.86. The molecule has 2 aromatic carbocycles. The van der Waals surface area contributed by atoms with Crippen LogP contribution in [-0.2, 0) is 6.54 Å². The molecule has 0 saturated carbocycles. The Bertz CT molecular complexity index is 989. The first-order valence-corrected chi connectivity index (χ1v) is 11.1. The molecule has 150 valence electrons. The van der Waals surface area contributed by atoms with Crippen molar-refractivity contribution in [1.29, 1.82) is 0 Å². The molecule has 0 atom stereocenters. The van der Waals surface area contributed by atoms with E-state index in [2.05, 4.69) is 34.1 Å². The predicted octanol–water partition coefficient (Wildman–Crippen LogP) is 5.12. The van der Waals surface area contributed by atoms with Crippen LogP contribution in [0.3, 0.4) is 0 Å². The van der Waals surface area contributed by atoms with E-state index in [4.69, 9.17) is 11.6 Å². The van der Waals surface area contributed by atoms with Crippen LogP contribution in [0.25, 0.3) is 10.6 Å². The van der Waals surface area contributed by atoms with Crippen molar-refractivity contribution in [3.05, 3.63) is 75.8 Å². The number of carbonyl (C=O) groups excluding carboxylic acids is 1. The van der Waals surface area contributed by atoms with E-state index in [-0.39, 0.29) is 5.91 Å². The van der Waals surface area contributed by atoms with Gasteiger partial charge < -0.3 is 4.90 Å². The zero-order chi connectivity index (χ0) is 20.2. The van der Waals surface area contributed by atoms with Crippen molar-refractivity contribution in [3.8, 4) is 10.6 Å². The molecular formula is C23H24ClN3OS. The first kappa shape index (κ1) is 20.1. The number of halogens is 1. The Morgan fingerprint density at radius 1 is 1.07 bits per heavy atom. The standard InChI is InChI=1S/C23H24ClN3OS/c1-17-21(29-22(25-17)19-9-5-10-20(24)15-19)23(28)27-12-6-11-26(13-14-27)16-18-7-3-2-4-8-18/h2-5,7-10,15H,6,11-14,16H2,1H3. The van der Waals surface area contributed by atoms with E-state index in [0.29, 0.717) is 5.02 Å². The Morgan fingerprint density at radius 3 is 2.69 bits per heavy atom. The molecule has 1 aliphatic rings. The highest BCUT2D eigenvalue weighted by molar-refractivity contribution is 7.17. The van der Waals surface area contributed by atoms with E-state index in [9.17, 15) is 4.79 Å². The van der Waals surface area contributed by atoms with Crippen LogP contribution in [0, 0.1) is 6.92 Å². The molecule has 4 rings (SSSR count). The van der Waals surface area contributed by atoms with Gasteiger partial charge in [-0.3, -0.25) is 9.69 Å². The van der Waals surface area contributed by atoms with Crippen molar-refractivity contribution in [3.63, 3.8) is 0 Å². The highest BCUT2D eigenvalue weighted by Crippen LogP contribution is 2.30. The molecule has 0 aliphatic carbocycles. The first-order chi connectivity index (χ1) is 14.1. The van der Waals surface area contributed by atoms with Crippen molar-refractivity contribution in [2.24, 2.45) is 0 Å². The number of amides is 1. The molecule has 0 bridgehead atoms. The lowest BCUT2D eigenvalue weighted by atomic mass is 10.2. The zero-order valence-electron chi connectivity index (χ0n) is 16.5. The van der Waals surface area contributed by atoms with Crippen LogP contribution >= 0.6 is 22.9 Å². The van der Waals surface area contributed by atoms with Crippen LogP contribution < -0.4 is 0 Å². The Labute approximate surface area is 180 Å². The maximum atomic E-state index is 13.2. The van der Waals surface area contributed by atoms with Gasteiger partial charge >= 0.3 is 0 Å². The van der Waals surface area contributed by atoms with E-state index < -0.39 is 0 Å². The highest BCUT2D eigenvalue weighted by atomic mass is 35.5. The van der Waals surface area contributed by atoms with Gasteiger partial charge in [0.2, 0.25) is 0 Å². The SMILES string of the molecule is Cc1nc(-c2cccc(Cl)c2)sc1C(=O)N1CCCN(Cc2ccccc2)CC1. The molecule has 1 saturated heterocycles. The lowest BCUT2D eigenvalue weighted by Gasteiger charge is -2.21. The van der Waals surface area contributed by atoms with Gasteiger partial charge in [0.05, 0.1) is 5.69 Å². The average Bonchev–Trinajstić information content (AvgIpc) is 2.96. The van der Waals surface area contributed by atoms with E-state index in [1.54, 1.807) is 0 Å². The number of nitrogens with zero attached hydrogens (tertiary/aromatic N) is 3. The number of aromatic nitrogens is 1. The summed E-state index contributed by atoms with van der Waals surface area (Å²) >= 11 is 7.57. The van der Waals surface area contributed by atoms with Crippen molar-refractivity contribution in [2.45, 2.75) is 19.9 Å². The van der Waals surface area contributed by atoms with Crippen molar-refractivity contribution >= 4 is 28.8 Å². The minimum atomic E-state index is 0.0924. The molecule has 3 aromatic rings. The van der Waals surface area contributed by atoms with E-state index >= 15 is 0 Å². The maximum Gasteiger partial charge on any atom is 0.265 e. The third-order valence-corrected chi connectivity index (χ3v) is 6.62. The summed E-state index contributed by atoms with van der Waals surface area (Å²) in [6.45, 7) is 6.27. The van der Waals surface area contributed by atoms with Gasteiger partial charge in [-0.1, -0.05) is 54.1 Å². The van der Waals surface area contributed by atoms with Crippen LogP contribution in [0.4, 0.5) is 0 Å². The molecule has 1 fully saturated rings. The molecular weight excluding hydrogens is 402 g/mol. The maximum absolute atomic E-state index is 13.2. The van der Waals surface area contributed by atoms with Gasteiger partial charge in [-0.2, -0.15) is 0 Å². The van der Waals surface area contributed by atoms with Crippen molar-refractivity contribution in [2.75, 3.05) is 26.2 Å². The predicted molar refractivity (Wildman–Crippen MR) is 120 cm³/mol. The third-order valence-electron chi connectivity index (χ3n) is 5.19. The second-order valence-corrected chi connectivity index (χ2v) is 8.79. The number of aryl methyl sites for hydroxylation is 1. The van der Waals surface area contributed by atoms with E-state index in [1.807, 2.05) is 42.2 Å². The van der Waals surface area contributed by atoms with Crippen LogP contribution in [0.15, 0.2) is 54.6 Å². The molecule has 1 amide bonds. The quantitative estimate of drug-likeness (QED) is 0.582. The van der Waals surface area contributed by atoms with Gasteiger partial charge in [-0.15, -0.1) is 11.3 Å². The first-order valence-electron chi connectivity index (χ1n) is 9.89. The molecule has 0 N–H and O–H groups in total. The Kier molecular flexibility index (Phi) is 6.28. The van der Waals surface area contributed by atoms with Gasteiger partial charge in [0.15, 0.2) is 0 Å². The normalized spacial score (nSPS) is 15.3. The minimum absolute atomic E-state index is 0.0924. The number of carbonyl (C=O) groups is 1. The summed E-state index contributed by atoms with van der Waals surface area (Å²) in [5.41, 5.74) is 3.06. The highest BCUT2D eigenvalue weighted by Gasteiger charge is 2.24. The largest absolute Gasteiger partial charge is 0.337 e. The lowest BCUT2D eigenvalue weighted by molar-refractivity contribution is 0.0765. The smallest absolute Gasteiger partial charge is 0.265 e. The fourth-order valence-electron chi connectivity index (χ4n) is 3.66. The molecule has 0 unspecified atom stereocenters. The summed E-state index contributed by atoms with van der Waals surface area (Å²) in [7, 11) is 0. The molecule has 1 aromatic heterocycles. The molecule has 1 aliphatic heterocycles. The topological polar surface area (TPSA) is 36.4 Å². The molecule has 29 heavy (non-hydrogen) atoms. The fourth-order valence-corrected chi connectivity index (χ4v) is 4.88. The summed E-state index contributed by atoms with van der Waals surface area (Å²) in [4.78, 5) is 23.0. The van der Waals surface area contributed by atoms with Crippen LogP contribution in [-0.4, -0.2) is 46.9 Å². The minimum Gasteiger partial charge on any atom is -0.337 e. The Morgan fingerprint density at radius 2 is 1.90 bits per heavy atom. The van der Waals surface area contributed by atoms with Gasteiger partial charge in [-0.05, 0) is 31.0 Å². The molecule has 0 radical (unpaired) electrons. The summed E-state index contributed by atoms with van der Waals surface area (Å²) in [5.74, 6) is 0.0924. The van der Waals surface area contributed by atoms with Gasteiger partial charge in [0.25, 0.3) is 5.91 Å². The number of rotatable bonds is 4. The summed E-state index contributed by atoms with van der Waals surface area (Å²) < 4.78 is 0. The summed E-state index contributed by atoms with van der Waals surface area (Å²) in [6.07, 6.45) is 0.984. The molecule has 4 nitrogen and oxygen atoms in total. The molecule has 2 heterocycles. The molecule has 6 heteroatoms. The monoisotopic (exact) mass is 425 g/mol. The van der Waals surface area contributed by atoms with Crippen molar-refractivity contribution < 1.29 is 4.79 Å². The number of hydrogen-bond acceptors (Lipinski definition) is 4. The van der Waals surface area contributed by atoms with Gasteiger partial charge in [0.1, 0.15) is 9.88 Å². The van der Waals surface area contributed by atoms with E-state index in [0.717, 1.165) is 60.3 Å². The molecule has 0 spiro atoms. The van der Waals surface area contributed by atoms with Gasteiger partial charge in [-0.25, -0.2) is 4.98 Å². The van der Waals surface area contributed by atoms with Crippen LogP contribution in [0.5, 0.6) is 0 Å². The lowest BCUT2D eigenvalue weighted by Crippen LogP contribution is -2.35. The Hall–Kier alpha value is -2.21. The number of thiazole rings is 1. The van der Waals surface area contributed by atoms with Crippen LogP contribution in [0.2, 0.25) is 5.02 Å². The van der Waals surface area contributed by atoms with Gasteiger partial charge in [0, 0.05) is 43.3 Å². The summed E-state index contributed by atoms with van der Waals surface area (Å²) in [5, 5.41) is 1.52.